The number of hydrogen-bond acceptors (Lipinski definition) is 6. The molecular formula is C26H26F3N3O6S. The predicted molar refractivity (Wildman–Crippen MR) is 140 cm³/mol. The molecule has 13 heteroatoms. The first kappa shape index (κ1) is 29.3. The van der Waals surface area contributed by atoms with Gasteiger partial charge >= 0.3 is 18.1 Å². The summed E-state index contributed by atoms with van der Waals surface area (Å²) in [6.45, 7) is 4.80. The van der Waals surface area contributed by atoms with Crippen LogP contribution in [0.5, 0.6) is 0 Å². The topological polar surface area (TPSA) is 127 Å². The lowest BCUT2D eigenvalue weighted by atomic mass is 10.1. The highest BCUT2D eigenvalue weighted by Crippen LogP contribution is 2.28. The smallest absolute Gasteiger partial charge is 0.478 e. The van der Waals surface area contributed by atoms with Crippen molar-refractivity contribution in [1.29, 1.82) is 0 Å². The molecule has 1 heterocycles. The van der Waals surface area contributed by atoms with Gasteiger partial charge in [0.15, 0.2) is 0 Å². The van der Waals surface area contributed by atoms with Crippen molar-refractivity contribution in [3.8, 4) is 0 Å². The number of carboxylic acids is 2. The van der Waals surface area contributed by atoms with Gasteiger partial charge in [0.2, 0.25) is 0 Å². The maximum atomic E-state index is 12.8. The lowest BCUT2D eigenvalue weighted by molar-refractivity contribution is -0.192. The first-order chi connectivity index (χ1) is 18.3. The highest BCUT2D eigenvalue weighted by molar-refractivity contribution is 7.92. The number of aliphatic carboxylic acids is 1. The zero-order chi connectivity index (χ0) is 28.8. The van der Waals surface area contributed by atoms with E-state index in [4.69, 9.17) is 9.90 Å². The fraction of sp³-hybridized carbons (Fsp3) is 0.231. The molecule has 0 bridgehead atoms. The van der Waals surface area contributed by atoms with Crippen molar-refractivity contribution in [1.82, 2.24) is 0 Å². The van der Waals surface area contributed by atoms with Gasteiger partial charge in [-0.2, -0.15) is 13.2 Å². The van der Waals surface area contributed by atoms with Crippen molar-refractivity contribution in [3.05, 3.63) is 83.9 Å². The van der Waals surface area contributed by atoms with E-state index in [1.165, 1.54) is 23.9 Å². The number of aromatic carboxylic acids is 1. The summed E-state index contributed by atoms with van der Waals surface area (Å²) in [5.74, 6) is -3.94. The van der Waals surface area contributed by atoms with Crippen LogP contribution in [0.15, 0.2) is 77.7 Å². The number of anilines is 3. The number of nitrogens with one attached hydrogen (secondary N) is 1. The van der Waals surface area contributed by atoms with Crippen LogP contribution in [0.2, 0.25) is 0 Å². The summed E-state index contributed by atoms with van der Waals surface area (Å²) in [4.78, 5) is 25.3. The number of carbonyl (C=O) groups is 2. The molecule has 4 rings (SSSR count). The highest BCUT2D eigenvalue weighted by atomic mass is 32.2. The van der Waals surface area contributed by atoms with Crippen LogP contribution in [0.1, 0.15) is 15.9 Å². The number of sulfonamides is 1. The van der Waals surface area contributed by atoms with Crippen LogP contribution in [0.4, 0.5) is 30.2 Å². The first-order valence-corrected chi connectivity index (χ1v) is 13.1. The van der Waals surface area contributed by atoms with Gasteiger partial charge in [0.25, 0.3) is 10.0 Å². The second-order valence-corrected chi connectivity index (χ2v) is 10.2. The number of nitrogens with zero attached hydrogens (tertiary/aromatic N) is 2. The lowest BCUT2D eigenvalue weighted by Gasteiger charge is -2.37. The van der Waals surface area contributed by atoms with E-state index in [0.717, 1.165) is 31.9 Å². The molecule has 1 aliphatic rings. The van der Waals surface area contributed by atoms with E-state index < -0.39 is 28.1 Å². The van der Waals surface area contributed by atoms with Crippen LogP contribution in [-0.2, 0) is 14.8 Å². The Balaban J connectivity index is 0.000000532. The molecule has 3 aromatic carbocycles. The summed E-state index contributed by atoms with van der Waals surface area (Å²) in [6, 6.07) is 21.6. The van der Waals surface area contributed by atoms with Crippen LogP contribution in [-0.4, -0.2) is 62.9 Å². The molecule has 0 atom stereocenters. The SMILES string of the molecule is Cc1ccccc1S(=O)(=O)Nc1ccc(N2CCN(c3ccccc3)CC2)cc1C(=O)O.O=C(O)C(F)(F)F. The largest absolute Gasteiger partial charge is 0.490 e. The van der Waals surface area contributed by atoms with Crippen molar-refractivity contribution in [2.75, 3.05) is 40.7 Å². The van der Waals surface area contributed by atoms with Crippen LogP contribution >= 0.6 is 0 Å². The third kappa shape index (κ3) is 7.63. The van der Waals surface area contributed by atoms with Gasteiger partial charge in [0.1, 0.15) is 0 Å². The zero-order valence-electron chi connectivity index (χ0n) is 20.7. The van der Waals surface area contributed by atoms with Crippen molar-refractivity contribution in [2.24, 2.45) is 0 Å². The highest BCUT2D eigenvalue weighted by Gasteiger charge is 2.38. The minimum absolute atomic E-state index is 0.0485. The van der Waals surface area contributed by atoms with Crippen LogP contribution in [0.3, 0.4) is 0 Å². The summed E-state index contributed by atoms with van der Waals surface area (Å²) >= 11 is 0. The molecule has 1 aliphatic heterocycles. The minimum Gasteiger partial charge on any atom is -0.478 e. The number of piperazine rings is 1. The van der Waals surface area contributed by atoms with E-state index in [0.29, 0.717) is 5.56 Å². The number of alkyl halides is 3. The summed E-state index contributed by atoms with van der Waals surface area (Å²) in [5, 5.41) is 16.9. The number of aryl methyl sites for hydroxylation is 1. The fourth-order valence-electron chi connectivity index (χ4n) is 3.91. The van der Waals surface area contributed by atoms with Gasteiger partial charge in [-0.15, -0.1) is 0 Å². The molecule has 9 nitrogen and oxygen atoms in total. The number of halogens is 3. The maximum absolute atomic E-state index is 12.8. The standard InChI is InChI=1S/C24H25N3O4S.C2HF3O2/c1-18-7-5-6-10-23(18)32(30,31)25-22-12-11-20(17-21(22)24(28)29)27-15-13-26(14-16-27)19-8-3-2-4-9-19;3-2(4,5)1(6)7/h2-12,17,25H,13-16H2,1H3,(H,28,29);(H,6,7). The Kier molecular flexibility index (Phi) is 9.07. The molecule has 1 saturated heterocycles. The van der Waals surface area contributed by atoms with Crippen molar-refractivity contribution < 1.29 is 41.4 Å². The Hall–Kier alpha value is -4.26. The number of benzene rings is 3. The van der Waals surface area contributed by atoms with Gasteiger partial charge < -0.3 is 20.0 Å². The molecule has 0 aliphatic carbocycles. The maximum Gasteiger partial charge on any atom is 0.490 e. The summed E-state index contributed by atoms with van der Waals surface area (Å²) < 4.78 is 59.9. The molecule has 39 heavy (non-hydrogen) atoms. The summed E-state index contributed by atoms with van der Waals surface area (Å²) in [6.07, 6.45) is -5.08. The molecule has 3 aromatic rings. The van der Waals surface area contributed by atoms with Crippen LogP contribution in [0.25, 0.3) is 0 Å². The van der Waals surface area contributed by atoms with E-state index in [9.17, 15) is 31.5 Å². The third-order valence-corrected chi connectivity index (χ3v) is 7.40. The van der Waals surface area contributed by atoms with Gasteiger partial charge in [-0.05, 0) is 48.9 Å². The van der Waals surface area contributed by atoms with Crippen molar-refractivity contribution in [3.63, 3.8) is 0 Å². The number of carboxylic acid groups (broad SMARTS) is 2. The van der Waals surface area contributed by atoms with Gasteiger partial charge in [-0.3, -0.25) is 4.72 Å². The Labute approximate surface area is 223 Å². The van der Waals surface area contributed by atoms with Gasteiger partial charge in [0, 0.05) is 37.6 Å². The molecular weight excluding hydrogens is 539 g/mol. The normalized spacial score (nSPS) is 13.7. The zero-order valence-corrected chi connectivity index (χ0v) is 21.5. The first-order valence-electron chi connectivity index (χ1n) is 11.6. The van der Waals surface area contributed by atoms with Crippen LogP contribution < -0.4 is 14.5 Å². The number of hydrogen-bond donors (Lipinski definition) is 3. The second-order valence-electron chi connectivity index (χ2n) is 8.52. The van der Waals surface area contributed by atoms with Crippen molar-refractivity contribution in [2.45, 2.75) is 18.0 Å². The van der Waals surface area contributed by atoms with Gasteiger partial charge in [0.05, 0.1) is 16.1 Å². The number of para-hydroxylation sites is 1. The Morgan fingerprint density at radius 1 is 0.821 bits per heavy atom. The van der Waals surface area contributed by atoms with E-state index >= 15 is 0 Å². The molecule has 1 fully saturated rings. The Bertz CT molecular complexity index is 1420. The summed E-state index contributed by atoms with van der Waals surface area (Å²) in [7, 11) is -3.91. The lowest BCUT2D eigenvalue weighted by Crippen LogP contribution is -2.46. The van der Waals surface area contributed by atoms with E-state index in [1.807, 2.05) is 18.2 Å². The van der Waals surface area contributed by atoms with E-state index in [-0.39, 0.29) is 16.1 Å². The van der Waals surface area contributed by atoms with Crippen LogP contribution in [0, 0.1) is 6.92 Å². The molecule has 0 radical (unpaired) electrons. The Morgan fingerprint density at radius 2 is 1.33 bits per heavy atom. The quantitative estimate of drug-likeness (QED) is 0.400. The van der Waals surface area contributed by atoms with Gasteiger partial charge in [-0.1, -0.05) is 36.4 Å². The molecule has 3 N–H and O–H groups in total. The van der Waals surface area contributed by atoms with Crippen molar-refractivity contribution >= 4 is 39.0 Å². The number of rotatable bonds is 6. The molecule has 0 saturated carbocycles. The monoisotopic (exact) mass is 565 g/mol. The fourth-order valence-corrected chi connectivity index (χ4v) is 5.24. The molecule has 0 aromatic heterocycles. The minimum atomic E-state index is -5.08. The molecule has 208 valence electrons. The average Bonchev–Trinajstić information content (AvgIpc) is 2.89. The van der Waals surface area contributed by atoms with E-state index in [2.05, 4.69) is 26.7 Å². The predicted octanol–water partition coefficient (Wildman–Crippen LogP) is 4.45. The second kappa shape index (κ2) is 12.1. The van der Waals surface area contributed by atoms with Gasteiger partial charge in [-0.25, -0.2) is 18.0 Å². The summed E-state index contributed by atoms with van der Waals surface area (Å²) in [5.41, 5.74) is 2.48. The van der Waals surface area contributed by atoms with E-state index in [1.54, 1.807) is 31.2 Å². The molecule has 0 amide bonds. The molecule has 0 unspecified atom stereocenters. The third-order valence-electron chi connectivity index (χ3n) is 5.87. The molecule has 0 spiro atoms. The average molecular weight is 566 g/mol. The Morgan fingerprint density at radius 3 is 1.85 bits per heavy atom.